The van der Waals surface area contributed by atoms with Crippen LogP contribution in [-0.4, -0.2) is 22.9 Å². The Labute approximate surface area is 124 Å². The van der Waals surface area contributed by atoms with E-state index in [2.05, 4.69) is 0 Å². The number of hydrogen-bond acceptors (Lipinski definition) is 4. The monoisotopic (exact) mass is 288 g/mol. The molecule has 0 spiro atoms. The van der Waals surface area contributed by atoms with Crippen LogP contribution in [0.1, 0.15) is 18.1 Å². The molecule has 0 fully saturated rings. The first kappa shape index (κ1) is 15.4. The molecule has 2 rings (SSSR count). The third-order valence-corrected chi connectivity index (χ3v) is 2.93. The zero-order valence-electron chi connectivity index (χ0n) is 12.0. The molecule has 21 heavy (non-hydrogen) atoms. The van der Waals surface area contributed by atoms with Crippen LogP contribution in [0.4, 0.5) is 0 Å². The summed E-state index contributed by atoms with van der Waals surface area (Å²) >= 11 is 0. The Bertz CT molecular complexity index is 552. The Kier molecular flexibility index (Phi) is 5.60. The van der Waals surface area contributed by atoms with Crippen molar-refractivity contribution < 1.29 is 19.7 Å². The van der Waals surface area contributed by atoms with E-state index in [4.69, 9.17) is 9.47 Å². The molecule has 0 saturated heterocycles. The molecule has 0 radical (unpaired) electrons. The highest BCUT2D eigenvalue weighted by Crippen LogP contribution is 2.25. The van der Waals surface area contributed by atoms with Crippen molar-refractivity contribution in [2.24, 2.45) is 0 Å². The van der Waals surface area contributed by atoms with Crippen LogP contribution >= 0.6 is 0 Å². The summed E-state index contributed by atoms with van der Waals surface area (Å²) in [5, 5.41) is 18.6. The van der Waals surface area contributed by atoms with Crippen molar-refractivity contribution in [2.75, 3.05) is 6.61 Å². The molecule has 0 aliphatic carbocycles. The normalized spacial score (nSPS) is 12.0. The fourth-order valence-electron chi connectivity index (χ4n) is 1.86. The molecule has 2 aromatic rings. The standard InChI is InChI=1S/C17H20O4/c1-13(19)11-20-16-7-8-17(15(9-16)10-18)21-12-14-5-3-2-4-6-14/h2-9,13,18-19H,10-12H2,1H3. The Hall–Kier alpha value is -2.04. The highest BCUT2D eigenvalue weighted by atomic mass is 16.5. The van der Waals surface area contributed by atoms with Crippen molar-refractivity contribution in [1.82, 2.24) is 0 Å². The van der Waals surface area contributed by atoms with Gasteiger partial charge in [-0.25, -0.2) is 0 Å². The van der Waals surface area contributed by atoms with E-state index in [1.807, 2.05) is 30.3 Å². The minimum atomic E-state index is -0.531. The van der Waals surface area contributed by atoms with Gasteiger partial charge in [0.2, 0.25) is 0 Å². The molecule has 0 bridgehead atoms. The van der Waals surface area contributed by atoms with Gasteiger partial charge in [-0.2, -0.15) is 0 Å². The van der Waals surface area contributed by atoms with Gasteiger partial charge in [0.1, 0.15) is 24.7 Å². The Balaban J connectivity index is 2.02. The summed E-state index contributed by atoms with van der Waals surface area (Å²) in [6.07, 6.45) is -0.531. The van der Waals surface area contributed by atoms with Gasteiger partial charge in [0.05, 0.1) is 12.7 Å². The minimum absolute atomic E-state index is 0.129. The molecule has 0 aliphatic rings. The second-order valence-electron chi connectivity index (χ2n) is 4.86. The molecule has 112 valence electrons. The molecule has 0 aliphatic heterocycles. The van der Waals surface area contributed by atoms with E-state index in [1.54, 1.807) is 25.1 Å². The van der Waals surface area contributed by atoms with Crippen LogP contribution in [0.5, 0.6) is 11.5 Å². The van der Waals surface area contributed by atoms with Crippen molar-refractivity contribution in [3.05, 3.63) is 59.7 Å². The molecule has 2 aromatic carbocycles. The molecule has 1 atom stereocenters. The zero-order chi connectivity index (χ0) is 15.1. The van der Waals surface area contributed by atoms with Gasteiger partial charge >= 0.3 is 0 Å². The quantitative estimate of drug-likeness (QED) is 0.822. The van der Waals surface area contributed by atoms with Gasteiger partial charge in [-0.1, -0.05) is 30.3 Å². The van der Waals surface area contributed by atoms with E-state index in [0.717, 1.165) is 5.56 Å². The summed E-state index contributed by atoms with van der Waals surface area (Å²) in [6, 6.07) is 15.1. The average molecular weight is 288 g/mol. The predicted molar refractivity (Wildman–Crippen MR) is 80.3 cm³/mol. The van der Waals surface area contributed by atoms with Crippen molar-refractivity contribution in [2.45, 2.75) is 26.2 Å². The minimum Gasteiger partial charge on any atom is -0.491 e. The highest BCUT2D eigenvalue weighted by molar-refractivity contribution is 5.40. The van der Waals surface area contributed by atoms with Gasteiger partial charge in [-0.05, 0) is 30.7 Å². The first-order chi connectivity index (χ1) is 10.2. The Morgan fingerprint density at radius 1 is 1.05 bits per heavy atom. The molecular formula is C17H20O4. The smallest absolute Gasteiger partial charge is 0.125 e. The lowest BCUT2D eigenvalue weighted by molar-refractivity contribution is 0.122. The lowest BCUT2D eigenvalue weighted by Gasteiger charge is -2.13. The molecule has 0 saturated carbocycles. The number of aliphatic hydroxyl groups excluding tert-OH is 2. The summed E-state index contributed by atoms with van der Waals surface area (Å²) in [7, 11) is 0. The van der Waals surface area contributed by atoms with E-state index in [0.29, 0.717) is 23.7 Å². The number of ether oxygens (including phenoxy) is 2. The highest BCUT2D eigenvalue weighted by Gasteiger charge is 2.07. The first-order valence-corrected chi connectivity index (χ1v) is 6.90. The van der Waals surface area contributed by atoms with Crippen molar-refractivity contribution >= 4 is 0 Å². The summed E-state index contributed by atoms with van der Waals surface area (Å²) in [5.41, 5.74) is 1.73. The number of benzene rings is 2. The van der Waals surface area contributed by atoms with Crippen LogP contribution in [0.15, 0.2) is 48.5 Å². The van der Waals surface area contributed by atoms with E-state index in [-0.39, 0.29) is 13.2 Å². The third-order valence-electron chi connectivity index (χ3n) is 2.93. The lowest BCUT2D eigenvalue weighted by Crippen LogP contribution is -2.12. The molecule has 4 heteroatoms. The number of aliphatic hydroxyl groups is 2. The topological polar surface area (TPSA) is 58.9 Å². The van der Waals surface area contributed by atoms with Crippen LogP contribution in [-0.2, 0) is 13.2 Å². The lowest BCUT2D eigenvalue weighted by atomic mass is 10.2. The van der Waals surface area contributed by atoms with Gasteiger partial charge in [-0.15, -0.1) is 0 Å². The van der Waals surface area contributed by atoms with E-state index < -0.39 is 6.10 Å². The average Bonchev–Trinajstić information content (AvgIpc) is 2.52. The largest absolute Gasteiger partial charge is 0.491 e. The van der Waals surface area contributed by atoms with Crippen LogP contribution in [0.3, 0.4) is 0 Å². The zero-order valence-corrected chi connectivity index (χ0v) is 12.0. The number of hydrogen-bond donors (Lipinski definition) is 2. The van der Waals surface area contributed by atoms with Gasteiger partial charge < -0.3 is 19.7 Å². The SMILES string of the molecule is CC(O)COc1ccc(OCc2ccccc2)c(CO)c1. The van der Waals surface area contributed by atoms with Crippen molar-refractivity contribution in [3.63, 3.8) is 0 Å². The maximum atomic E-state index is 9.43. The van der Waals surface area contributed by atoms with E-state index in [9.17, 15) is 10.2 Å². The molecular weight excluding hydrogens is 268 g/mol. The Morgan fingerprint density at radius 2 is 1.81 bits per heavy atom. The molecule has 0 heterocycles. The summed E-state index contributed by atoms with van der Waals surface area (Å²) in [5.74, 6) is 1.23. The van der Waals surface area contributed by atoms with Crippen LogP contribution in [0.25, 0.3) is 0 Å². The molecule has 0 aromatic heterocycles. The third kappa shape index (κ3) is 4.77. The molecule has 1 unspecified atom stereocenters. The predicted octanol–water partition coefficient (Wildman–Crippen LogP) is 2.52. The van der Waals surface area contributed by atoms with Gasteiger partial charge in [0.25, 0.3) is 0 Å². The van der Waals surface area contributed by atoms with E-state index >= 15 is 0 Å². The molecule has 4 nitrogen and oxygen atoms in total. The maximum absolute atomic E-state index is 9.43. The maximum Gasteiger partial charge on any atom is 0.125 e. The molecule has 2 N–H and O–H groups in total. The van der Waals surface area contributed by atoms with Crippen LogP contribution in [0, 0.1) is 0 Å². The second kappa shape index (κ2) is 7.67. The van der Waals surface area contributed by atoms with E-state index in [1.165, 1.54) is 0 Å². The second-order valence-corrected chi connectivity index (χ2v) is 4.86. The fraction of sp³-hybridized carbons (Fsp3) is 0.294. The van der Waals surface area contributed by atoms with Crippen molar-refractivity contribution in [1.29, 1.82) is 0 Å². The summed E-state index contributed by atoms with van der Waals surface area (Å²) < 4.78 is 11.1. The molecule has 0 amide bonds. The van der Waals surface area contributed by atoms with Gasteiger partial charge in [0.15, 0.2) is 0 Å². The number of rotatable bonds is 7. The summed E-state index contributed by atoms with van der Waals surface area (Å²) in [4.78, 5) is 0. The van der Waals surface area contributed by atoms with Crippen LogP contribution in [0.2, 0.25) is 0 Å². The van der Waals surface area contributed by atoms with Gasteiger partial charge in [-0.3, -0.25) is 0 Å². The fourth-order valence-corrected chi connectivity index (χ4v) is 1.86. The first-order valence-electron chi connectivity index (χ1n) is 6.90. The Morgan fingerprint density at radius 3 is 2.48 bits per heavy atom. The van der Waals surface area contributed by atoms with Crippen molar-refractivity contribution in [3.8, 4) is 11.5 Å². The summed E-state index contributed by atoms with van der Waals surface area (Å²) in [6.45, 7) is 2.19. The van der Waals surface area contributed by atoms with Crippen LogP contribution < -0.4 is 9.47 Å². The van der Waals surface area contributed by atoms with Gasteiger partial charge in [0, 0.05) is 5.56 Å².